The molecule has 6 nitrogen and oxygen atoms in total. The molecule has 1 fully saturated rings. The van der Waals surface area contributed by atoms with E-state index in [1.807, 2.05) is 0 Å². The average molecular weight is 323 g/mol. The molecule has 1 heterocycles. The second-order valence-corrected chi connectivity index (χ2v) is 6.16. The summed E-state index contributed by atoms with van der Waals surface area (Å²) in [5.41, 5.74) is 0. The third-order valence-electron chi connectivity index (χ3n) is 2.23. The number of carbonyl (C=O) groups excluding carboxylic acids is 3. The molecule has 0 aliphatic carbocycles. The Morgan fingerprint density at radius 2 is 1.22 bits per heavy atom. The summed E-state index contributed by atoms with van der Waals surface area (Å²) in [5, 5.41) is 1.31. The predicted molar refractivity (Wildman–Crippen MR) is 62.0 cm³/mol. The molecular formula is C11H16O6Se. The topological polar surface area (TPSA) is 78.9 Å². The average Bonchev–Trinajstić information content (AvgIpc) is 2.20. The van der Waals surface area contributed by atoms with Crippen molar-refractivity contribution in [3.63, 3.8) is 0 Å². The predicted octanol–water partition coefficient (Wildman–Crippen LogP) is 0.336. The minimum absolute atomic E-state index is 0.191. The van der Waals surface area contributed by atoms with Crippen molar-refractivity contribution in [2.24, 2.45) is 0 Å². The Hall–Kier alpha value is -1.07. The van der Waals surface area contributed by atoms with Crippen LogP contribution >= 0.6 is 0 Å². The van der Waals surface area contributed by atoms with Crippen LogP contribution < -0.4 is 0 Å². The summed E-state index contributed by atoms with van der Waals surface area (Å²) in [7, 11) is 0. The van der Waals surface area contributed by atoms with E-state index >= 15 is 0 Å². The van der Waals surface area contributed by atoms with Gasteiger partial charge in [0, 0.05) is 0 Å². The third kappa shape index (κ3) is 4.66. The fraction of sp³-hybridized carbons (Fsp3) is 0.727. The molecule has 0 aromatic heterocycles. The molecule has 102 valence electrons. The Morgan fingerprint density at radius 1 is 0.833 bits per heavy atom. The molecule has 0 radical (unpaired) electrons. The van der Waals surface area contributed by atoms with Crippen molar-refractivity contribution in [2.45, 2.75) is 49.7 Å². The first-order valence-corrected chi connectivity index (χ1v) is 7.92. The summed E-state index contributed by atoms with van der Waals surface area (Å²) in [6, 6.07) is 0. The molecule has 1 rings (SSSR count). The van der Waals surface area contributed by atoms with Crippen molar-refractivity contribution in [1.82, 2.24) is 0 Å². The molecule has 3 atom stereocenters. The Kier molecular flexibility index (Phi) is 5.62. The summed E-state index contributed by atoms with van der Waals surface area (Å²) < 4.78 is 15.4. The number of ether oxygens (including phenoxy) is 3. The van der Waals surface area contributed by atoms with Gasteiger partial charge >= 0.3 is 111 Å². The summed E-state index contributed by atoms with van der Waals surface area (Å²) in [6.07, 6.45) is -1.75. The second-order valence-electron chi connectivity index (χ2n) is 3.91. The van der Waals surface area contributed by atoms with Crippen LogP contribution in [0.15, 0.2) is 0 Å². The first-order chi connectivity index (χ1) is 8.40. The number of hydrogen-bond donors (Lipinski definition) is 0. The molecule has 1 unspecified atom stereocenters. The Bertz CT molecular complexity index is 318. The Morgan fingerprint density at radius 3 is 1.56 bits per heavy atom. The van der Waals surface area contributed by atoms with E-state index in [1.54, 1.807) is 0 Å². The third-order valence-corrected chi connectivity index (χ3v) is 4.60. The van der Waals surface area contributed by atoms with E-state index in [4.69, 9.17) is 14.2 Å². The van der Waals surface area contributed by atoms with Crippen LogP contribution in [0.4, 0.5) is 0 Å². The van der Waals surface area contributed by atoms with Crippen LogP contribution in [0, 0.1) is 0 Å². The summed E-state index contributed by atoms with van der Waals surface area (Å²) in [6.45, 7) is 3.87. The van der Waals surface area contributed by atoms with Gasteiger partial charge < -0.3 is 0 Å². The molecule has 0 aromatic carbocycles. The van der Waals surface area contributed by atoms with Crippen LogP contribution in [0.3, 0.4) is 0 Å². The molecule has 1 aliphatic rings. The van der Waals surface area contributed by atoms with Crippen LogP contribution in [-0.2, 0) is 28.6 Å². The number of esters is 3. The molecule has 0 amide bonds. The molecule has 0 N–H and O–H groups in total. The fourth-order valence-electron chi connectivity index (χ4n) is 1.70. The van der Waals surface area contributed by atoms with Gasteiger partial charge in [-0.1, -0.05) is 0 Å². The molecule has 0 saturated carbocycles. The maximum absolute atomic E-state index is 11.1. The zero-order valence-electron chi connectivity index (χ0n) is 10.5. The fourth-order valence-corrected chi connectivity index (χ4v) is 4.04. The van der Waals surface area contributed by atoms with Crippen molar-refractivity contribution in [3.8, 4) is 0 Å². The van der Waals surface area contributed by atoms with E-state index in [0.29, 0.717) is 10.6 Å². The maximum atomic E-state index is 11.1. The molecule has 18 heavy (non-hydrogen) atoms. The van der Waals surface area contributed by atoms with Gasteiger partial charge in [-0.15, -0.1) is 0 Å². The molecule has 1 aliphatic heterocycles. The van der Waals surface area contributed by atoms with E-state index in [2.05, 4.69) is 0 Å². The summed E-state index contributed by atoms with van der Waals surface area (Å²) >= 11 is 0.191. The van der Waals surface area contributed by atoms with Crippen LogP contribution in [0.5, 0.6) is 0 Å². The SMILES string of the molecule is CC(=O)OC1[C@@H](OC(C)=O)C[Se]C[C@H]1OC(C)=O. The van der Waals surface area contributed by atoms with Crippen molar-refractivity contribution in [1.29, 1.82) is 0 Å². The quantitative estimate of drug-likeness (QED) is 0.423. The number of carbonyl (C=O) groups is 3. The monoisotopic (exact) mass is 324 g/mol. The van der Waals surface area contributed by atoms with Gasteiger partial charge in [-0.05, 0) is 0 Å². The van der Waals surface area contributed by atoms with Gasteiger partial charge in [-0.2, -0.15) is 0 Å². The summed E-state index contributed by atoms with van der Waals surface area (Å²) in [5.74, 6) is -1.35. The van der Waals surface area contributed by atoms with Gasteiger partial charge in [-0.3, -0.25) is 0 Å². The second kappa shape index (κ2) is 6.75. The van der Waals surface area contributed by atoms with Gasteiger partial charge in [0.15, 0.2) is 0 Å². The van der Waals surface area contributed by atoms with Crippen molar-refractivity contribution in [3.05, 3.63) is 0 Å². The zero-order chi connectivity index (χ0) is 13.7. The zero-order valence-corrected chi connectivity index (χ0v) is 12.2. The van der Waals surface area contributed by atoms with Crippen LogP contribution in [0.2, 0.25) is 10.6 Å². The van der Waals surface area contributed by atoms with E-state index in [1.165, 1.54) is 20.8 Å². The van der Waals surface area contributed by atoms with E-state index in [9.17, 15) is 14.4 Å². The Labute approximate surface area is 111 Å². The molecule has 0 aromatic rings. The molecule has 7 heteroatoms. The van der Waals surface area contributed by atoms with E-state index in [0.717, 1.165) is 0 Å². The van der Waals surface area contributed by atoms with Gasteiger partial charge in [0.05, 0.1) is 0 Å². The van der Waals surface area contributed by atoms with Crippen molar-refractivity contribution < 1.29 is 28.6 Å². The van der Waals surface area contributed by atoms with Gasteiger partial charge in [0.2, 0.25) is 0 Å². The molecule has 0 bridgehead atoms. The van der Waals surface area contributed by atoms with Crippen LogP contribution in [0.1, 0.15) is 20.8 Å². The normalized spacial score (nSPS) is 27.2. The van der Waals surface area contributed by atoms with Gasteiger partial charge in [-0.25, -0.2) is 0 Å². The molecular weight excluding hydrogens is 307 g/mol. The van der Waals surface area contributed by atoms with Gasteiger partial charge in [0.25, 0.3) is 0 Å². The minimum atomic E-state index is -0.703. The summed E-state index contributed by atoms with van der Waals surface area (Å²) in [4.78, 5) is 33.1. The first kappa shape index (κ1) is 15.0. The van der Waals surface area contributed by atoms with Crippen molar-refractivity contribution in [2.75, 3.05) is 0 Å². The Balaban J connectivity index is 2.78. The number of rotatable bonds is 3. The van der Waals surface area contributed by atoms with Crippen LogP contribution in [-0.4, -0.2) is 51.2 Å². The molecule has 0 spiro atoms. The van der Waals surface area contributed by atoms with Crippen molar-refractivity contribution >= 4 is 32.9 Å². The standard InChI is InChI=1S/C11H16O6Se/c1-6(12)15-9-4-18-5-10(16-7(2)13)11(9)17-8(3)14/h9-11H,4-5H2,1-3H3/t9-,10+,11?. The van der Waals surface area contributed by atoms with E-state index < -0.39 is 36.2 Å². The first-order valence-electron chi connectivity index (χ1n) is 5.49. The number of hydrogen-bond acceptors (Lipinski definition) is 6. The molecule has 1 saturated heterocycles. The van der Waals surface area contributed by atoms with Gasteiger partial charge in [0.1, 0.15) is 0 Å². The van der Waals surface area contributed by atoms with E-state index in [-0.39, 0.29) is 15.0 Å². The van der Waals surface area contributed by atoms with Crippen LogP contribution in [0.25, 0.3) is 0 Å².